The van der Waals surface area contributed by atoms with E-state index in [9.17, 15) is 4.79 Å². The maximum atomic E-state index is 12.9. The summed E-state index contributed by atoms with van der Waals surface area (Å²) in [7, 11) is 0. The van der Waals surface area contributed by atoms with Crippen molar-refractivity contribution in [2.24, 2.45) is 0 Å². The lowest BCUT2D eigenvalue weighted by molar-refractivity contribution is -0.121. The van der Waals surface area contributed by atoms with Crippen LogP contribution in [0.1, 0.15) is 30.0 Å². The van der Waals surface area contributed by atoms with Crippen molar-refractivity contribution in [1.29, 1.82) is 0 Å². The summed E-state index contributed by atoms with van der Waals surface area (Å²) < 4.78 is 10.8. The third-order valence-electron chi connectivity index (χ3n) is 6.24. The van der Waals surface area contributed by atoms with Gasteiger partial charge < -0.3 is 19.7 Å². The molecule has 2 aliphatic rings. The number of nitrogens with zero attached hydrogens (tertiary/aromatic N) is 1. The van der Waals surface area contributed by atoms with Crippen molar-refractivity contribution < 1.29 is 14.3 Å². The largest absolute Gasteiger partial charge is 0.454 e. The lowest BCUT2D eigenvalue weighted by Gasteiger charge is -2.42. The first-order valence-electron chi connectivity index (χ1n) is 11.1. The van der Waals surface area contributed by atoms with E-state index in [0.29, 0.717) is 26.6 Å². The molecular weight excluding hydrogens is 495 g/mol. The van der Waals surface area contributed by atoms with Crippen LogP contribution in [0.15, 0.2) is 60.7 Å². The standard InChI is InChI=1S/C26H23Cl3N2O3/c27-18-4-2-17(3-5-18)23-14-20(9-10-31(23)22-7-6-19(28)13-21(22)29)30-26(32)12-16-1-8-24-25(11-16)34-15-33-24/h1-8,11,13,20,23H,9-10,12,14-15H2,(H,30,32). The van der Waals surface area contributed by atoms with Gasteiger partial charge in [0.1, 0.15) is 0 Å². The third kappa shape index (κ3) is 5.07. The summed E-state index contributed by atoms with van der Waals surface area (Å²) >= 11 is 18.8. The van der Waals surface area contributed by atoms with E-state index in [4.69, 9.17) is 44.3 Å². The molecule has 34 heavy (non-hydrogen) atoms. The molecule has 3 aromatic carbocycles. The van der Waals surface area contributed by atoms with Crippen LogP contribution in [0.5, 0.6) is 11.5 Å². The zero-order valence-corrected chi connectivity index (χ0v) is 20.5. The molecule has 5 rings (SSSR count). The lowest BCUT2D eigenvalue weighted by atomic mass is 9.91. The second-order valence-corrected chi connectivity index (χ2v) is 9.79. The first-order valence-corrected chi connectivity index (χ1v) is 12.2. The minimum absolute atomic E-state index is 0.0169. The second kappa shape index (κ2) is 9.95. The summed E-state index contributed by atoms with van der Waals surface area (Å²) in [5, 5.41) is 5.12. The van der Waals surface area contributed by atoms with Gasteiger partial charge in [-0.15, -0.1) is 0 Å². The fourth-order valence-electron chi connectivity index (χ4n) is 4.61. The predicted octanol–water partition coefficient (Wildman–Crippen LogP) is 6.44. The van der Waals surface area contributed by atoms with E-state index in [1.807, 2.05) is 54.6 Å². The molecule has 2 unspecified atom stereocenters. The van der Waals surface area contributed by atoms with Crippen molar-refractivity contribution in [3.8, 4) is 11.5 Å². The van der Waals surface area contributed by atoms with Gasteiger partial charge in [0.15, 0.2) is 11.5 Å². The van der Waals surface area contributed by atoms with Crippen molar-refractivity contribution in [1.82, 2.24) is 5.32 Å². The van der Waals surface area contributed by atoms with Crippen LogP contribution in [0.3, 0.4) is 0 Å². The van der Waals surface area contributed by atoms with E-state index in [2.05, 4.69) is 10.2 Å². The smallest absolute Gasteiger partial charge is 0.231 e. The monoisotopic (exact) mass is 516 g/mol. The van der Waals surface area contributed by atoms with E-state index in [-0.39, 0.29) is 31.2 Å². The molecule has 2 aliphatic heterocycles. The number of carbonyl (C=O) groups is 1. The summed E-state index contributed by atoms with van der Waals surface area (Å²) in [6.45, 7) is 0.955. The van der Waals surface area contributed by atoms with Gasteiger partial charge in [0, 0.05) is 22.6 Å². The highest BCUT2D eigenvalue weighted by molar-refractivity contribution is 6.36. The molecule has 1 saturated heterocycles. The number of carbonyl (C=O) groups excluding carboxylic acids is 1. The Labute approximate surface area is 213 Å². The van der Waals surface area contributed by atoms with Gasteiger partial charge in [-0.05, 0) is 66.4 Å². The summed E-state index contributed by atoms with van der Waals surface area (Å²) in [4.78, 5) is 15.1. The summed E-state index contributed by atoms with van der Waals surface area (Å²) in [5.41, 5.74) is 2.93. The number of rotatable bonds is 5. The molecule has 0 bridgehead atoms. The maximum Gasteiger partial charge on any atom is 0.231 e. The van der Waals surface area contributed by atoms with Gasteiger partial charge in [-0.1, -0.05) is 53.0 Å². The molecule has 8 heteroatoms. The van der Waals surface area contributed by atoms with Crippen molar-refractivity contribution in [2.75, 3.05) is 18.2 Å². The zero-order valence-electron chi connectivity index (χ0n) is 18.3. The second-order valence-electron chi connectivity index (χ2n) is 8.51. The van der Waals surface area contributed by atoms with Gasteiger partial charge in [-0.25, -0.2) is 0 Å². The summed E-state index contributed by atoms with van der Waals surface area (Å²) in [5.74, 6) is 1.38. The molecule has 5 nitrogen and oxygen atoms in total. The van der Waals surface area contributed by atoms with E-state index in [1.54, 1.807) is 6.07 Å². The first kappa shape index (κ1) is 23.2. The van der Waals surface area contributed by atoms with Gasteiger partial charge in [-0.3, -0.25) is 4.79 Å². The topological polar surface area (TPSA) is 50.8 Å². The van der Waals surface area contributed by atoms with Crippen molar-refractivity contribution in [3.63, 3.8) is 0 Å². The SMILES string of the molecule is O=C(Cc1ccc2c(c1)OCO2)NC1CCN(c2ccc(Cl)cc2Cl)C(c2ccc(Cl)cc2)C1. The predicted molar refractivity (Wildman–Crippen MR) is 135 cm³/mol. The van der Waals surface area contributed by atoms with Gasteiger partial charge in [0.25, 0.3) is 0 Å². The summed E-state index contributed by atoms with van der Waals surface area (Å²) in [6, 6.07) is 19.1. The molecule has 0 aromatic heterocycles. The van der Waals surface area contributed by atoms with Crippen molar-refractivity contribution >= 4 is 46.4 Å². The molecule has 1 fully saturated rings. The van der Waals surface area contributed by atoms with E-state index in [0.717, 1.165) is 36.2 Å². The number of benzene rings is 3. The van der Waals surface area contributed by atoms with Gasteiger partial charge >= 0.3 is 0 Å². The minimum Gasteiger partial charge on any atom is -0.454 e. The molecule has 0 aliphatic carbocycles. The highest BCUT2D eigenvalue weighted by Crippen LogP contribution is 2.40. The molecule has 176 valence electrons. The summed E-state index contributed by atoms with van der Waals surface area (Å²) in [6.07, 6.45) is 1.83. The Morgan fingerprint density at radius 3 is 2.50 bits per heavy atom. The van der Waals surface area contributed by atoms with E-state index < -0.39 is 0 Å². The minimum atomic E-state index is -0.0169. The Balaban J connectivity index is 1.32. The number of halogens is 3. The fraction of sp³-hybridized carbons (Fsp3) is 0.269. The Morgan fingerprint density at radius 1 is 0.941 bits per heavy atom. The first-order chi connectivity index (χ1) is 16.5. The molecule has 1 N–H and O–H groups in total. The van der Waals surface area contributed by atoms with Crippen molar-refractivity contribution in [2.45, 2.75) is 31.3 Å². The third-order valence-corrected chi connectivity index (χ3v) is 7.03. The number of hydrogen-bond donors (Lipinski definition) is 1. The van der Waals surface area contributed by atoms with Gasteiger partial charge in [0.05, 0.1) is 23.2 Å². The van der Waals surface area contributed by atoms with Gasteiger partial charge in [-0.2, -0.15) is 0 Å². The quantitative estimate of drug-likeness (QED) is 0.423. The Hall–Kier alpha value is -2.60. The number of nitrogens with one attached hydrogen (secondary N) is 1. The van der Waals surface area contributed by atoms with Crippen LogP contribution in [0.25, 0.3) is 0 Å². The molecule has 0 spiro atoms. The number of ether oxygens (including phenoxy) is 2. The van der Waals surface area contributed by atoms with Crippen LogP contribution < -0.4 is 19.7 Å². The molecule has 0 saturated carbocycles. The van der Waals surface area contributed by atoms with E-state index in [1.165, 1.54) is 0 Å². The molecular formula is C26H23Cl3N2O3. The van der Waals surface area contributed by atoms with Crippen LogP contribution >= 0.6 is 34.8 Å². The number of piperidine rings is 1. The number of anilines is 1. The van der Waals surface area contributed by atoms with Crippen LogP contribution in [-0.2, 0) is 11.2 Å². The average molecular weight is 518 g/mol. The zero-order chi connectivity index (χ0) is 23.7. The maximum absolute atomic E-state index is 12.9. The molecule has 1 amide bonds. The number of fused-ring (bicyclic) bond motifs is 1. The Morgan fingerprint density at radius 2 is 1.71 bits per heavy atom. The molecule has 3 aromatic rings. The highest BCUT2D eigenvalue weighted by atomic mass is 35.5. The normalized spacial score (nSPS) is 19.2. The fourth-order valence-corrected chi connectivity index (χ4v) is 5.26. The highest BCUT2D eigenvalue weighted by Gasteiger charge is 2.31. The van der Waals surface area contributed by atoms with Crippen molar-refractivity contribution in [3.05, 3.63) is 86.9 Å². The Kier molecular flexibility index (Phi) is 6.77. The van der Waals surface area contributed by atoms with Crippen LogP contribution in [0, 0.1) is 0 Å². The van der Waals surface area contributed by atoms with Crippen LogP contribution in [-0.4, -0.2) is 25.3 Å². The molecule has 2 atom stereocenters. The van der Waals surface area contributed by atoms with Crippen LogP contribution in [0.2, 0.25) is 15.1 Å². The molecule has 0 radical (unpaired) electrons. The number of hydrogen-bond acceptors (Lipinski definition) is 4. The lowest BCUT2D eigenvalue weighted by Crippen LogP contribution is -2.46. The van der Waals surface area contributed by atoms with Crippen LogP contribution in [0.4, 0.5) is 5.69 Å². The van der Waals surface area contributed by atoms with Gasteiger partial charge in [0.2, 0.25) is 12.7 Å². The van der Waals surface area contributed by atoms with E-state index >= 15 is 0 Å². The molecule has 2 heterocycles. The number of amides is 1. The average Bonchev–Trinajstić information content (AvgIpc) is 3.28. The Bertz CT molecular complexity index is 1200.